The molecular formula is C8H15N3. The summed E-state index contributed by atoms with van der Waals surface area (Å²) in [6.07, 6.45) is 1.83. The van der Waals surface area contributed by atoms with E-state index >= 15 is 0 Å². The zero-order valence-electron chi connectivity index (χ0n) is 7.41. The Balaban J connectivity index is 2.56. The van der Waals surface area contributed by atoms with Gasteiger partial charge in [-0.15, -0.1) is 0 Å². The molecule has 1 rings (SSSR count). The average Bonchev–Trinajstić information content (AvgIpc) is 2.37. The van der Waals surface area contributed by atoms with E-state index in [2.05, 4.69) is 24.0 Å². The summed E-state index contributed by atoms with van der Waals surface area (Å²) in [6.45, 7) is 4.20. The number of aromatic nitrogens is 2. The maximum absolute atomic E-state index is 4.09. The lowest BCUT2D eigenvalue weighted by atomic mass is 10.4. The van der Waals surface area contributed by atoms with Crippen LogP contribution in [-0.2, 0) is 13.6 Å². The predicted octanol–water partition coefficient (Wildman–Crippen LogP) is 0.872. The molecule has 62 valence electrons. The first-order valence-electron chi connectivity index (χ1n) is 3.89. The Hall–Kier alpha value is -0.830. The van der Waals surface area contributed by atoms with Crippen molar-refractivity contribution in [3.05, 3.63) is 18.0 Å². The van der Waals surface area contributed by atoms with E-state index in [1.165, 1.54) is 5.69 Å². The van der Waals surface area contributed by atoms with Crippen molar-refractivity contribution in [3.8, 4) is 0 Å². The van der Waals surface area contributed by atoms with Gasteiger partial charge in [0.05, 0.1) is 5.69 Å². The first-order chi connectivity index (χ1) is 5.24. The van der Waals surface area contributed by atoms with Crippen molar-refractivity contribution >= 4 is 0 Å². The molecule has 3 nitrogen and oxygen atoms in total. The largest absolute Gasteiger partial charge is 0.301 e. The van der Waals surface area contributed by atoms with E-state index in [9.17, 15) is 0 Å². The molecule has 1 heterocycles. The topological polar surface area (TPSA) is 21.1 Å². The van der Waals surface area contributed by atoms with Crippen LogP contribution in [0.1, 0.15) is 12.6 Å². The van der Waals surface area contributed by atoms with Gasteiger partial charge in [-0.2, -0.15) is 5.10 Å². The molecule has 11 heavy (non-hydrogen) atoms. The van der Waals surface area contributed by atoms with Gasteiger partial charge in [0, 0.05) is 19.8 Å². The van der Waals surface area contributed by atoms with Crippen LogP contribution in [0.3, 0.4) is 0 Å². The fraction of sp³-hybridized carbons (Fsp3) is 0.625. The Morgan fingerprint density at radius 2 is 2.36 bits per heavy atom. The lowest BCUT2D eigenvalue weighted by Gasteiger charge is -2.12. The van der Waals surface area contributed by atoms with Crippen molar-refractivity contribution in [1.82, 2.24) is 14.7 Å². The highest BCUT2D eigenvalue weighted by atomic mass is 15.3. The van der Waals surface area contributed by atoms with Crippen molar-refractivity contribution in [2.75, 3.05) is 13.6 Å². The molecule has 0 atom stereocenters. The van der Waals surface area contributed by atoms with Gasteiger partial charge in [-0.3, -0.25) is 4.68 Å². The SMILES string of the molecule is CCN(C)Cc1ccnn1C. The normalized spacial score (nSPS) is 10.9. The molecule has 1 aromatic heterocycles. The van der Waals surface area contributed by atoms with E-state index in [-0.39, 0.29) is 0 Å². The zero-order valence-corrected chi connectivity index (χ0v) is 7.41. The summed E-state index contributed by atoms with van der Waals surface area (Å²) < 4.78 is 1.91. The van der Waals surface area contributed by atoms with Crippen LogP contribution >= 0.6 is 0 Å². The molecule has 0 N–H and O–H groups in total. The van der Waals surface area contributed by atoms with Crippen LogP contribution < -0.4 is 0 Å². The minimum absolute atomic E-state index is 0.979. The van der Waals surface area contributed by atoms with Crippen LogP contribution in [0.4, 0.5) is 0 Å². The Morgan fingerprint density at radius 1 is 1.64 bits per heavy atom. The number of rotatable bonds is 3. The molecule has 0 fully saturated rings. The standard InChI is InChI=1S/C8H15N3/c1-4-10(2)7-8-5-6-9-11(8)3/h5-6H,4,7H2,1-3H3. The second kappa shape index (κ2) is 3.53. The third-order valence-corrected chi connectivity index (χ3v) is 1.89. The van der Waals surface area contributed by atoms with E-state index in [1.807, 2.05) is 24.0 Å². The number of hydrogen-bond donors (Lipinski definition) is 0. The summed E-state index contributed by atoms with van der Waals surface area (Å²) in [4.78, 5) is 2.25. The molecule has 0 bridgehead atoms. The molecule has 0 unspecified atom stereocenters. The van der Waals surface area contributed by atoms with Gasteiger partial charge >= 0.3 is 0 Å². The van der Waals surface area contributed by atoms with Gasteiger partial charge in [0.25, 0.3) is 0 Å². The van der Waals surface area contributed by atoms with E-state index in [4.69, 9.17) is 0 Å². The van der Waals surface area contributed by atoms with Gasteiger partial charge in [0.2, 0.25) is 0 Å². The highest BCUT2D eigenvalue weighted by Crippen LogP contribution is 1.99. The fourth-order valence-electron chi connectivity index (χ4n) is 0.945. The van der Waals surface area contributed by atoms with Crippen LogP contribution in [0.2, 0.25) is 0 Å². The molecule has 0 saturated carbocycles. The van der Waals surface area contributed by atoms with Crippen LogP contribution in [0, 0.1) is 0 Å². The number of aryl methyl sites for hydroxylation is 1. The fourth-order valence-corrected chi connectivity index (χ4v) is 0.945. The summed E-state index contributed by atoms with van der Waals surface area (Å²) in [6, 6.07) is 2.05. The van der Waals surface area contributed by atoms with Gasteiger partial charge in [0.1, 0.15) is 0 Å². The summed E-state index contributed by atoms with van der Waals surface area (Å²) in [7, 11) is 4.08. The van der Waals surface area contributed by atoms with Crippen molar-refractivity contribution < 1.29 is 0 Å². The average molecular weight is 153 g/mol. The highest BCUT2D eigenvalue weighted by Gasteiger charge is 2.00. The lowest BCUT2D eigenvalue weighted by molar-refractivity contribution is 0.335. The molecule has 1 aromatic rings. The second-order valence-electron chi connectivity index (χ2n) is 2.78. The Kier molecular flexibility index (Phi) is 2.65. The lowest BCUT2D eigenvalue weighted by Crippen LogP contribution is -2.18. The molecule has 0 saturated heterocycles. The summed E-state index contributed by atoms with van der Waals surface area (Å²) >= 11 is 0. The molecule has 0 spiro atoms. The molecule has 0 aliphatic heterocycles. The van der Waals surface area contributed by atoms with E-state index < -0.39 is 0 Å². The van der Waals surface area contributed by atoms with Gasteiger partial charge in [-0.1, -0.05) is 6.92 Å². The zero-order chi connectivity index (χ0) is 8.27. The maximum Gasteiger partial charge on any atom is 0.0520 e. The van der Waals surface area contributed by atoms with Gasteiger partial charge in [0.15, 0.2) is 0 Å². The Morgan fingerprint density at radius 3 is 2.82 bits per heavy atom. The molecule has 0 radical (unpaired) electrons. The van der Waals surface area contributed by atoms with Crippen LogP contribution in [0.25, 0.3) is 0 Å². The van der Waals surface area contributed by atoms with Gasteiger partial charge in [-0.25, -0.2) is 0 Å². The quantitative estimate of drug-likeness (QED) is 0.642. The van der Waals surface area contributed by atoms with Crippen LogP contribution in [0.5, 0.6) is 0 Å². The van der Waals surface area contributed by atoms with Crippen LogP contribution in [-0.4, -0.2) is 28.3 Å². The first kappa shape index (κ1) is 8.27. The minimum Gasteiger partial charge on any atom is -0.301 e. The summed E-state index contributed by atoms with van der Waals surface area (Å²) in [5.74, 6) is 0. The van der Waals surface area contributed by atoms with Crippen molar-refractivity contribution in [2.45, 2.75) is 13.5 Å². The molecule has 0 aliphatic rings. The predicted molar refractivity (Wildman–Crippen MR) is 45.2 cm³/mol. The van der Waals surface area contributed by atoms with E-state index in [1.54, 1.807) is 0 Å². The smallest absolute Gasteiger partial charge is 0.0520 e. The first-order valence-corrected chi connectivity index (χ1v) is 3.89. The Labute approximate surface area is 67.6 Å². The second-order valence-corrected chi connectivity index (χ2v) is 2.78. The maximum atomic E-state index is 4.09. The van der Waals surface area contributed by atoms with Crippen molar-refractivity contribution in [3.63, 3.8) is 0 Å². The number of nitrogens with zero attached hydrogens (tertiary/aromatic N) is 3. The minimum atomic E-state index is 0.979. The van der Waals surface area contributed by atoms with Crippen LogP contribution in [0.15, 0.2) is 12.3 Å². The monoisotopic (exact) mass is 153 g/mol. The molecule has 3 heteroatoms. The van der Waals surface area contributed by atoms with Crippen molar-refractivity contribution in [2.24, 2.45) is 7.05 Å². The summed E-state index contributed by atoms with van der Waals surface area (Å²) in [5, 5.41) is 4.09. The van der Waals surface area contributed by atoms with E-state index in [0.29, 0.717) is 0 Å². The molecule has 0 aliphatic carbocycles. The van der Waals surface area contributed by atoms with E-state index in [0.717, 1.165) is 13.1 Å². The van der Waals surface area contributed by atoms with Gasteiger partial charge in [-0.05, 0) is 19.7 Å². The molecule has 0 aromatic carbocycles. The summed E-state index contributed by atoms with van der Waals surface area (Å²) in [5.41, 5.74) is 1.26. The third-order valence-electron chi connectivity index (χ3n) is 1.89. The van der Waals surface area contributed by atoms with Gasteiger partial charge < -0.3 is 4.90 Å². The molecule has 0 amide bonds. The molecular weight excluding hydrogens is 138 g/mol. The highest BCUT2D eigenvalue weighted by molar-refractivity contribution is 4.99. The van der Waals surface area contributed by atoms with Crippen molar-refractivity contribution in [1.29, 1.82) is 0 Å². The Bertz CT molecular complexity index is 217. The third kappa shape index (κ3) is 2.05. The number of hydrogen-bond acceptors (Lipinski definition) is 2.